The van der Waals surface area contributed by atoms with Crippen LogP contribution in [0, 0.1) is 0 Å². The average molecular weight is 138 g/mol. The summed E-state index contributed by atoms with van der Waals surface area (Å²) in [6.07, 6.45) is 2.81. The molecule has 0 aromatic carbocycles. The summed E-state index contributed by atoms with van der Waals surface area (Å²) >= 11 is 0. The smallest absolute Gasteiger partial charge is 0.100 e. The minimum absolute atomic E-state index is 1.05. The lowest BCUT2D eigenvalue weighted by Crippen LogP contribution is -2.23. The summed E-state index contributed by atoms with van der Waals surface area (Å²) < 4.78 is 0. The predicted octanol–water partition coefficient (Wildman–Crippen LogP) is 2.68. The third kappa shape index (κ3) is 1.16. The Morgan fingerprint density at radius 1 is 1.00 bits per heavy atom. The fourth-order valence-corrected chi connectivity index (χ4v) is 4.57. The molecule has 0 aliphatic carbocycles. The lowest BCUT2D eigenvalue weighted by atomic mass is 10.4. The zero-order chi connectivity index (χ0) is 6.74. The van der Waals surface area contributed by atoms with Gasteiger partial charge in [-0.1, -0.05) is 36.3 Å². The highest BCUT2D eigenvalue weighted by molar-refractivity contribution is 6.89. The van der Waals surface area contributed by atoms with Crippen molar-refractivity contribution in [1.82, 2.24) is 0 Å². The van der Waals surface area contributed by atoms with E-state index in [0.29, 0.717) is 0 Å². The second-order valence-electron chi connectivity index (χ2n) is 2.85. The summed E-state index contributed by atoms with van der Waals surface area (Å²) in [5.41, 5.74) is 4.38. The predicted molar refractivity (Wildman–Crippen MR) is 45.0 cm³/mol. The first-order chi connectivity index (χ1) is 4.33. The van der Waals surface area contributed by atoms with Crippen LogP contribution in [0.2, 0.25) is 12.1 Å². The van der Waals surface area contributed by atoms with Crippen molar-refractivity contribution in [2.24, 2.45) is 0 Å². The maximum absolute atomic E-state index is 3.88. The van der Waals surface area contributed by atoms with Crippen molar-refractivity contribution in [2.45, 2.75) is 24.9 Å². The highest BCUT2D eigenvalue weighted by atomic mass is 28.3. The van der Waals surface area contributed by atoms with Gasteiger partial charge in [-0.25, -0.2) is 0 Å². The van der Waals surface area contributed by atoms with Crippen LogP contribution < -0.4 is 0 Å². The van der Waals surface area contributed by atoms with E-state index in [1.54, 1.807) is 0 Å². The Morgan fingerprint density at radius 2 is 1.44 bits per heavy atom. The molecule has 0 bridgehead atoms. The molecule has 1 fully saturated rings. The van der Waals surface area contributed by atoms with Crippen molar-refractivity contribution < 1.29 is 0 Å². The van der Waals surface area contributed by atoms with Gasteiger partial charge in [0.2, 0.25) is 0 Å². The first-order valence-corrected chi connectivity index (χ1v) is 6.17. The van der Waals surface area contributed by atoms with Gasteiger partial charge >= 0.3 is 0 Å². The minimum Gasteiger partial charge on any atom is -0.107 e. The number of hydrogen-bond donors (Lipinski definition) is 0. The number of rotatable bonds is 2. The summed E-state index contributed by atoms with van der Waals surface area (Å²) in [6.45, 7) is 7.75. The van der Waals surface area contributed by atoms with Crippen LogP contribution in [0.5, 0.6) is 0 Å². The van der Waals surface area contributed by atoms with Crippen LogP contribution in [0.3, 0.4) is 0 Å². The summed E-state index contributed by atoms with van der Waals surface area (Å²) in [7, 11) is -1.05. The molecule has 50 valence electrons. The Balaban J connectivity index is 2.66. The molecule has 0 radical (unpaired) electrons. The molecule has 0 atom stereocenters. The highest BCUT2D eigenvalue weighted by Gasteiger charge is 2.29. The second-order valence-corrected chi connectivity index (χ2v) is 7.13. The molecule has 1 aliphatic heterocycles. The van der Waals surface area contributed by atoms with Gasteiger partial charge in [0, 0.05) is 0 Å². The van der Waals surface area contributed by atoms with Crippen molar-refractivity contribution in [3.05, 3.63) is 24.6 Å². The van der Waals surface area contributed by atoms with Gasteiger partial charge in [0.1, 0.15) is 8.07 Å². The van der Waals surface area contributed by atoms with Crippen molar-refractivity contribution in [3.63, 3.8) is 0 Å². The van der Waals surface area contributed by atoms with Gasteiger partial charge < -0.3 is 0 Å². The van der Waals surface area contributed by atoms with Crippen molar-refractivity contribution >= 4 is 8.07 Å². The Morgan fingerprint density at radius 3 is 1.67 bits per heavy atom. The molecular formula is C8H14Si. The monoisotopic (exact) mass is 138 g/mol. The van der Waals surface area contributed by atoms with E-state index in [4.69, 9.17) is 0 Å². The summed E-state index contributed by atoms with van der Waals surface area (Å²) in [5, 5.41) is 0. The van der Waals surface area contributed by atoms with Crippen molar-refractivity contribution in [2.75, 3.05) is 0 Å². The van der Waals surface area contributed by atoms with E-state index >= 15 is 0 Å². The van der Waals surface area contributed by atoms with Gasteiger partial charge in [0.25, 0.3) is 0 Å². The number of hydrogen-bond acceptors (Lipinski definition) is 0. The van der Waals surface area contributed by atoms with Crippen LogP contribution in [0.25, 0.3) is 0 Å². The summed E-state index contributed by atoms with van der Waals surface area (Å²) in [4.78, 5) is 0. The molecule has 1 heterocycles. The van der Waals surface area contributed by atoms with E-state index in [2.05, 4.69) is 24.6 Å². The zero-order valence-corrected chi connectivity index (χ0v) is 6.90. The quantitative estimate of drug-likeness (QED) is 0.515. The molecule has 1 heteroatoms. The third-order valence-corrected chi connectivity index (χ3v) is 6.54. The fourth-order valence-electron chi connectivity index (χ4n) is 1.52. The van der Waals surface area contributed by atoms with Crippen LogP contribution in [0.1, 0.15) is 12.8 Å². The first-order valence-electron chi connectivity index (χ1n) is 3.60. The zero-order valence-electron chi connectivity index (χ0n) is 5.90. The van der Waals surface area contributed by atoms with E-state index < -0.39 is 8.07 Å². The Kier molecular flexibility index (Phi) is 1.91. The van der Waals surface area contributed by atoms with Gasteiger partial charge in [0.05, 0.1) is 0 Å². The van der Waals surface area contributed by atoms with Gasteiger partial charge in [-0.05, 0) is 0 Å². The topological polar surface area (TPSA) is 0 Å². The maximum Gasteiger partial charge on any atom is 0.100 e. The Labute approximate surface area is 58.3 Å². The molecule has 0 unspecified atom stereocenters. The van der Waals surface area contributed by atoms with E-state index in [0.717, 1.165) is 0 Å². The lowest BCUT2D eigenvalue weighted by molar-refractivity contribution is 0.935. The molecule has 0 nitrogen and oxygen atoms in total. The molecule has 0 aromatic rings. The van der Waals surface area contributed by atoms with Gasteiger partial charge in [0.15, 0.2) is 0 Å². The molecular weight excluding hydrogens is 124 g/mol. The third-order valence-electron chi connectivity index (χ3n) is 2.35. The van der Waals surface area contributed by atoms with Gasteiger partial charge in [-0.2, -0.15) is 0 Å². The SMILES string of the molecule is C=C[Si]1(C=C)CCCC1. The normalized spacial score (nSPS) is 23.6. The molecule has 1 rings (SSSR count). The summed E-state index contributed by atoms with van der Waals surface area (Å²) in [6, 6.07) is 2.81. The van der Waals surface area contributed by atoms with Crippen LogP contribution in [-0.4, -0.2) is 8.07 Å². The fraction of sp³-hybridized carbons (Fsp3) is 0.500. The molecule has 0 spiro atoms. The van der Waals surface area contributed by atoms with Crippen molar-refractivity contribution in [1.29, 1.82) is 0 Å². The molecule has 9 heavy (non-hydrogen) atoms. The minimum atomic E-state index is -1.05. The van der Waals surface area contributed by atoms with Crippen LogP contribution in [-0.2, 0) is 0 Å². The largest absolute Gasteiger partial charge is 0.107 e. The van der Waals surface area contributed by atoms with Gasteiger partial charge in [-0.3, -0.25) is 0 Å². The van der Waals surface area contributed by atoms with Crippen LogP contribution in [0.4, 0.5) is 0 Å². The maximum atomic E-state index is 3.88. The molecule has 0 amide bonds. The Hall–Kier alpha value is -0.303. The van der Waals surface area contributed by atoms with Crippen LogP contribution >= 0.6 is 0 Å². The van der Waals surface area contributed by atoms with Gasteiger partial charge in [-0.15, -0.1) is 13.2 Å². The highest BCUT2D eigenvalue weighted by Crippen LogP contribution is 2.31. The van der Waals surface area contributed by atoms with Crippen molar-refractivity contribution in [3.8, 4) is 0 Å². The van der Waals surface area contributed by atoms with E-state index in [1.807, 2.05) is 0 Å². The van der Waals surface area contributed by atoms with E-state index in [9.17, 15) is 0 Å². The average Bonchev–Trinajstić information content (AvgIpc) is 2.36. The molecule has 0 aromatic heterocycles. The Bertz CT molecular complexity index is 111. The molecule has 1 saturated heterocycles. The second kappa shape index (κ2) is 2.52. The van der Waals surface area contributed by atoms with Crippen LogP contribution in [0.15, 0.2) is 24.6 Å². The molecule has 0 N–H and O–H groups in total. The molecule has 1 aliphatic rings. The first kappa shape index (κ1) is 6.81. The van der Waals surface area contributed by atoms with E-state index in [-0.39, 0.29) is 0 Å². The standard InChI is InChI=1S/C8H14Si/c1-3-9(4-2)7-5-6-8-9/h3-4H,1-2,5-8H2. The summed E-state index contributed by atoms with van der Waals surface area (Å²) in [5.74, 6) is 0. The van der Waals surface area contributed by atoms with E-state index in [1.165, 1.54) is 24.9 Å². The molecule has 0 saturated carbocycles. The lowest BCUT2D eigenvalue weighted by Gasteiger charge is -2.14.